The Kier molecular flexibility index (Phi) is 7.46. The first-order valence-electron chi connectivity index (χ1n) is 10.5. The first kappa shape index (κ1) is 23.0. The van der Waals surface area contributed by atoms with Crippen LogP contribution in [-0.4, -0.2) is 49.0 Å². The summed E-state index contributed by atoms with van der Waals surface area (Å²) in [4.78, 5) is 16.1. The van der Waals surface area contributed by atoms with E-state index in [1.165, 1.54) is 0 Å². The van der Waals surface area contributed by atoms with E-state index >= 15 is 4.39 Å². The second-order valence-electron chi connectivity index (χ2n) is 8.18. The Labute approximate surface area is 186 Å². The fourth-order valence-corrected chi connectivity index (χ4v) is 4.89. The minimum absolute atomic E-state index is 0.0323. The molecule has 2 heterocycles. The van der Waals surface area contributed by atoms with Crippen molar-refractivity contribution in [2.75, 3.05) is 42.5 Å². The standard InChI is InChI=1S/C22H29FN6OS/c1-14(2)12-19(21(25)30)29(9-6-24)22-20(15(3)27-31-22)17-5-4-16(13-18(17)23)28-10-7-26-8-11-28/h4-5,13-14,19,26H,7-12H2,1-3H3,(H2,25,30)/t19-/m0/s1. The maximum absolute atomic E-state index is 15.3. The fraction of sp³-hybridized carbons (Fsp3) is 0.500. The van der Waals surface area contributed by atoms with Crippen LogP contribution in [0.5, 0.6) is 0 Å². The van der Waals surface area contributed by atoms with Crippen LogP contribution in [0.3, 0.4) is 0 Å². The zero-order valence-corrected chi connectivity index (χ0v) is 19.0. The summed E-state index contributed by atoms with van der Waals surface area (Å²) in [5.74, 6) is -0.654. The zero-order valence-electron chi connectivity index (χ0n) is 18.2. The number of amides is 1. The van der Waals surface area contributed by atoms with E-state index < -0.39 is 11.9 Å². The van der Waals surface area contributed by atoms with E-state index in [2.05, 4.69) is 20.7 Å². The number of rotatable bonds is 8. The third-order valence-electron chi connectivity index (χ3n) is 5.45. The average Bonchev–Trinajstić information content (AvgIpc) is 3.11. The van der Waals surface area contributed by atoms with Gasteiger partial charge in [0.15, 0.2) is 0 Å². The van der Waals surface area contributed by atoms with Gasteiger partial charge in [-0.15, -0.1) is 0 Å². The van der Waals surface area contributed by atoms with Gasteiger partial charge in [0.1, 0.15) is 23.4 Å². The second kappa shape index (κ2) is 10.1. The molecule has 31 heavy (non-hydrogen) atoms. The first-order chi connectivity index (χ1) is 14.8. The van der Waals surface area contributed by atoms with Gasteiger partial charge in [0, 0.05) is 43.0 Å². The van der Waals surface area contributed by atoms with Crippen LogP contribution in [-0.2, 0) is 4.79 Å². The molecular formula is C22H29FN6OS. The maximum Gasteiger partial charge on any atom is 0.240 e. The summed E-state index contributed by atoms with van der Waals surface area (Å²) in [6, 6.07) is 6.69. The highest BCUT2D eigenvalue weighted by atomic mass is 32.1. The number of hydrogen-bond acceptors (Lipinski definition) is 7. The number of carbonyl (C=O) groups is 1. The van der Waals surface area contributed by atoms with Crippen molar-refractivity contribution in [3.63, 3.8) is 0 Å². The van der Waals surface area contributed by atoms with Crippen molar-refractivity contribution in [2.45, 2.75) is 33.2 Å². The molecule has 166 valence electrons. The van der Waals surface area contributed by atoms with Gasteiger partial charge in [0.2, 0.25) is 5.91 Å². The van der Waals surface area contributed by atoms with Gasteiger partial charge in [-0.05, 0) is 49.0 Å². The number of carbonyl (C=O) groups excluding carboxylic acids is 1. The monoisotopic (exact) mass is 444 g/mol. The molecule has 0 bridgehead atoms. The number of hydrogen-bond donors (Lipinski definition) is 2. The summed E-state index contributed by atoms with van der Waals surface area (Å²) in [5.41, 5.74) is 8.21. The molecule has 1 amide bonds. The van der Waals surface area contributed by atoms with Crippen molar-refractivity contribution < 1.29 is 9.18 Å². The number of nitrogens with one attached hydrogen (secondary N) is 1. The van der Waals surface area contributed by atoms with Crippen LogP contribution in [0, 0.1) is 30.0 Å². The second-order valence-corrected chi connectivity index (χ2v) is 8.93. The van der Waals surface area contributed by atoms with Gasteiger partial charge >= 0.3 is 0 Å². The number of piperazine rings is 1. The number of nitrogens with two attached hydrogens (primary N) is 1. The lowest BCUT2D eigenvalue weighted by Crippen LogP contribution is -2.46. The third-order valence-corrected chi connectivity index (χ3v) is 6.43. The molecular weight excluding hydrogens is 415 g/mol. The summed E-state index contributed by atoms with van der Waals surface area (Å²) in [7, 11) is 0. The van der Waals surface area contributed by atoms with E-state index in [9.17, 15) is 10.1 Å². The molecule has 1 saturated heterocycles. The molecule has 1 aliphatic heterocycles. The Balaban J connectivity index is 2.02. The van der Waals surface area contributed by atoms with Gasteiger partial charge in [-0.1, -0.05) is 13.8 Å². The molecule has 9 heteroatoms. The Morgan fingerprint density at radius 2 is 2.13 bits per heavy atom. The van der Waals surface area contributed by atoms with Crippen molar-refractivity contribution >= 4 is 28.1 Å². The summed E-state index contributed by atoms with van der Waals surface area (Å²) in [6.07, 6.45) is 0.498. The number of primary amides is 1. The Morgan fingerprint density at radius 3 is 2.71 bits per heavy atom. The molecule has 7 nitrogen and oxygen atoms in total. The first-order valence-corrected chi connectivity index (χ1v) is 11.3. The highest BCUT2D eigenvalue weighted by molar-refractivity contribution is 7.11. The summed E-state index contributed by atoms with van der Waals surface area (Å²) >= 11 is 1.16. The fourth-order valence-electron chi connectivity index (χ4n) is 3.93. The molecule has 2 aromatic rings. The van der Waals surface area contributed by atoms with Gasteiger partial charge in [-0.25, -0.2) is 4.39 Å². The Bertz CT molecular complexity index is 963. The highest BCUT2D eigenvalue weighted by Crippen LogP contribution is 2.40. The SMILES string of the molecule is Cc1nsc(N(CC#N)[C@@H](CC(C)C)C(N)=O)c1-c1ccc(N2CCNCC2)cc1F. The Morgan fingerprint density at radius 1 is 1.42 bits per heavy atom. The summed E-state index contributed by atoms with van der Waals surface area (Å²) in [6.45, 7) is 9.16. The molecule has 1 aliphatic rings. The van der Waals surface area contributed by atoms with Gasteiger partial charge in [-0.3, -0.25) is 4.79 Å². The van der Waals surface area contributed by atoms with Crippen molar-refractivity contribution in [1.29, 1.82) is 5.26 Å². The lowest BCUT2D eigenvalue weighted by atomic mass is 10.00. The van der Waals surface area contributed by atoms with Gasteiger partial charge in [0.25, 0.3) is 0 Å². The van der Waals surface area contributed by atoms with Crippen molar-refractivity contribution in [2.24, 2.45) is 11.7 Å². The van der Waals surface area contributed by atoms with Crippen LogP contribution in [0.2, 0.25) is 0 Å². The van der Waals surface area contributed by atoms with Gasteiger partial charge in [-0.2, -0.15) is 9.64 Å². The van der Waals surface area contributed by atoms with Gasteiger partial charge in [0.05, 0.1) is 11.8 Å². The largest absolute Gasteiger partial charge is 0.369 e. The molecule has 3 N–H and O–H groups in total. The highest BCUT2D eigenvalue weighted by Gasteiger charge is 2.30. The molecule has 3 rings (SSSR count). The number of aromatic nitrogens is 1. The lowest BCUT2D eigenvalue weighted by molar-refractivity contribution is -0.119. The molecule has 0 saturated carbocycles. The smallest absolute Gasteiger partial charge is 0.240 e. The number of benzene rings is 1. The zero-order chi connectivity index (χ0) is 22.5. The molecule has 0 spiro atoms. The molecule has 1 aromatic carbocycles. The maximum atomic E-state index is 15.3. The van der Waals surface area contributed by atoms with Crippen molar-refractivity contribution in [1.82, 2.24) is 9.69 Å². The van der Waals surface area contributed by atoms with Crippen LogP contribution in [0.25, 0.3) is 11.1 Å². The number of nitrogens with zero attached hydrogens (tertiary/aromatic N) is 4. The summed E-state index contributed by atoms with van der Waals surface area (Å²) in [5, 5.41) is 13.3. The number of halogens is 1. The number of nitriles is 1. The van der Waals surface area contributed by atoms with Crippen LogP contribution in [0.4, 0.5) is 15.1 Å². The van der Waals surface area contributed by atoms with E-state index in [1.807, 2.05) is 26.8 Å². The van der Waals surface area contributed by atoms with E-state index in [-0.39, 0.29) is 18.3 Å². The van der Waals surface area contributed by atoms with Crippen LogP contribution >= 0.6 is 11.5 Å². The van der Waals surface area contributed by atoms with Crippen LogP contribution in [0.1, 0.15) is 26.0 Å². The summed E-state index contributed by atoms with van der Waals surface area (Å²) < 4.78 is 19.7. The third kappa shape index (κ3) is 5.14. The van der Waals surface area contributed by atoms with Gasteiger partial charge < -0.3 is 20.9 Å². The van der Waals surface area contributed by atoms with Crippen LogP contribution in [0.15, 0.2) is 18.2 Å². The Hall–Kier alpha value is -2.70. The van der Waals surface area contributed by atoms with E-state index in [0.717, 1.165) is 43.4 Å². The molecule has 1 fully saturated rings. The van der Waals surface area contributed by atoms with Crippen molar-refractivity contribution in [3.8, 4) is 17.2 Å². The van der Waals surface area contributed by atoms with Crippen LogP contribution < -0.4 is 20.9 Å². The number of aryl methyl sites for hydroxylation is 1. The van der Waals surface area contributed by atoms with Crippen molar-refractivity contribution in [3.05, 3.63) is 29.7 Å². The lowest BCUT2D eigenvalue weighted by Gasteiger charge is -2.31. The molecule has 1 atom stereocenters. The molecule has 0 radical (unpaired) electrons. The topological polar surface area (TPSA) is 98.3 Å². The predicted octanol–water partition coefficient (Wildman–Crippen LogP) is 2.90. The molecule has 1 aromatic heterocycles. The molecule has 0 aliphatic carbocycles. The minimum atomic E-state index is -0.665. The minimum Gasteiger partial charge on any atom is -0.369 e. The normalized spacial score (nSPS) is 15.0. The quantitative estimate of drug-likeness (QED) is 0.608. The average molecular weight is 445 g/mol. The van der Waals surface area contributed by atoms with E-state index in [1.54, 1.807) is 17.0 Å². The predicted molar refractivity (Wildman–Crippen MR) is 123 cm³/mol. The molecule has 0 unspecified atom stereocenters. The number of anilines is 2. The van der Waals surface area contributed by atoms with E-state index in [4.69, 9.17) is 5.73 Å². The van der Waals surface area contributed by atoms with E-state index in [0.29, 0.717) is 28.2 Å².